The third-order valence-electron chi connectivity index (χ3n) is 2.93. The van der Waals surface area contributed by atoms with Crippen molar-refractivity contribution in [2.45, 2.75) is 52.1 Å². The molecule has 2 nitrogen and oxygen atoms in total. The minimum absolute atomic E-state index is 0.0113. The molecule has 0 atom stereocenters. The predicted octanol–water partition coefficient (Wildman–Crippen LogP) is 4.57. The Morgan fingerprint density at radius 1 is 1.11 bits per heavy atom. The van der Waals surface area contributed by atoms with E-state index in [9.17, 15) is 0 Å². The standard InChI is InChI=1S/C15H23ClO2/c1-2-3-4-5-6-7-10-18-15-9-8-13(12-17)11-14(15)16/h8-9,11,17H,2-7,10,12H2,1H3. The molecule has 0 aliphatic carbocycles. The molecule has 0 radical (unpaired) electrons. The van der Waals surface area contributed by atoms with Gasteiger partial charge in [-0.1, -0.05) is 56.7 Å². The van der Waals surface area contributed by atoms with Gasteiger partial charge in [0.15, 0.2) is 0 Å². The highest BCUT2D eigenvalue weighted by Gasteiger charge is 2.02. The van der Waals surface area contributed by atoms with Gasteiger partial charge in [0.25, 0.3) is 0 Å². The molecule has 0 fully saturated rings. The lowest BCUT2D eigenvalue weighted by Gasteiger charge is -2.08. The summed E-state index contributed by atoms with van der Waals surface area (Å²) in [6, 6.07) is 5.41. The van der Waals surface area contributed by atoms with Crippen molar-refractivity contribution < 1.29 is 9.84 Å². The van der Waals surface area contributed by atoms with Gasteiger partial charge in [-0.05, 0) is 24.1 Å². The summed E-state index contributed by atoms with van der Waals surface area (Å²) in [6.45, 7) is 2.95. The molecule has 0 saturated heterocycles. The highest BCUT2D eigenvalue weighted by atomic mass is 35.5. The van der Waals surface area contributed by atoms with Crippen LogP contribution in [0.5, 0.6) is 5.75 Å². The monoisotopic (exact) mass is 270 g/mol. The van der Waals surface area contributed by atoms with E-state index in [-0.39, 0.29) is 6.61 Å². The molecule has 1 rings (SSSR count). The largest absolute Gasteiger partial charge is 0.492 e. The van der Waals surface area contributed by atoms with Crippen LogP contribution in [0.2, 0.25) is 5.02 Å². The van der Waals surface area contributed by atoms with Gasteiger partial charge >= 0.3 is 0 Å². The number of hydrogen-bond acceptors (Lipinski definition) is 2. The molecular formula is C15H23ClO2. The summed E-state index contributed by atoms with van der Waals surface area (Å²) in [4.78, 5) is 0. The molecule has 1 aromatic rings. The molecule has 0 aliphatic heterocycles. The Morgan fingerprint density at radius 3 is 2.50 bits per heavy atom. The second-order valence-electron chi connectivity index (χ2n) is 4.54. The van der Waals surface area contributed by atoms with Crippen LogP contribution in [0.25, 0.3) is 0 Å². The molecule has 3 heteroatoms. The number of benzene rings is 1. The van der Waals surface area contributed by atoms with Gasteiger partial charge in [-0.25, -0.2) is 0 Å². The van der Waals surface area contributed by atoms with E-state index in [1.54, 1.807) is 6.07 Å². The average molecular weight is 271 g/mol. The maximum Gasteiger partial charge on any atom is 0.137 e. The van der Waals surface area contributed by atoms with Crippen LogP contribution in [-0.4, -0.2) is 11.7 Å². The highest BCUT2D eigenvalue weighted by Crippen LogP contribution is 2.25. The van der Waals surface area contributed by atoms with Crippen LogP contribution in [0, 0.1) is 0 Å². The molecular weight excluding hydrogens is 248 g/mol. The Balaban J connectivity index is 2.19. The number of rotatable bonds is 9. The quantitative estimate of drug-likeness (QED) is 0.666. The first-order valence-electron chi connectivity index (χ1n) is 6.80. The van der Waals surface area contributed by atoms with Gasteiger partial charge in [0, 0.05) is 0 Å². The Labute approximate surface area is 115 Å². The molecule has 18 heavy (non-hydrogen) atoms. The second-order valence-corrected chi connectivity index (χ2v) is 4.95. The van der Waals surface area contributed by atoms with Gasteiger partial charge in [0.1, 0.15) is 5.75 Å². The lowest BCUT2D eigenvalue weighted by atomic mass is 10.1. The van der Waals surface area contributed by atoms with Crippen LogP contribution in [0.15, 0.2) is 18.2 Å². The number of unbranched alkanes of at least 4 members (excludes halogenated alkanes) is 5. The minimum atomic E-state index is 0.0113. The van der Waals surface area contributed by atoms with Crippen LogP contribution in [0.1, 0.15) is 51.0 Å². The first kappa shape index (κ1) is 15.3. The van der Waals surface area contributed by atoms with Crippen LogP contribution < -0.4 is 4.74 Å². The van der Waals surface area contributed by atoms with Crippen molar-refractivity contribution >= 4 is 11.6 Å². The number of aliphatic hydroxyl groups is 1. The maximum absolute atomic E-state index is 8.97. The van der Waals surface area contributed by atoms with Crippen LogP contribution in [0.3, 0.4) is 0 Å². The topological polar surface area (TPSA) is 29.5 Å². The van der Waals surface area contributed by atoms with Crippen LogP contribution in [-0.2, 0) is 6.61 Å². The third kappa shape index (κ3) is 5.74. The van der Waals surface area contributed by atoms with E-state index in [4.69, 9.17) is 21.4 Å². The molecule has 0 unspecified atom stereocenters. The van der Waals surface area contributed by atoms with Crippen molar-refractivity contribution in [1.29, 1.82) is 0 Å². The fourth-order valence-corrected chi connectivity index (χ4v) is 2.08. The molecule has 0 aromatic heterocycles. The first-order chi connectivity index (χ1) is 8.77. The van der Waals surface area contributed by atoms with E-state index in [0.29, 0.717) is 17.4 Å². The Kier molecular flexibility index (Phi) is 7.86. The third-order valence-corrected chi connectivity index (χ3v) is 3.23. The molecule has 0 amide bonds. The Morgan fingerprint density at radius 2 is 1.83 bits per heavy atom. The van der Waals surface area contributed by atoms with E-state index in [0.717, 1.165) is 12.0 Å². The predicted molar refractivity (Wildman–Crippen MR) is 76.2 cm³/mol. The summed E-state index contributed by atoms with van der Waals surface area (Å²) in [7, 11) is 0. The zero-order valence-corrected chi connectivity index (χ0v) is 11.9. The summed E-state index contributed by atoms with van der Waals surface area (Å²) in [5, 5.41) is 9.55. The molecule has 0 heterocycles. The van der Waals surface area contributed by atoms with Gasteiger partial charge in [-0.3, -0.25) is 0 Å². The van der Waals surface area contributed by atoms with Crippen molar-refractivity contribution in [1.82, 2.24) is 0 Å². The fourth-order valence-electron chi connectivity index (χ4n) is 1.82. The lowest BCUT2D eigenvalue weighted by molar-refractivity contribution is 0.281. The second kappa shape index (κ2) is 9.23. The highest BCUT2D eigenvalue weighted by molar-refractivity contribution is 6.32. The molecule has 1 aromatic carbocycles. The van der Waals surface area contributed by atoms with Gasteiger partial charge in [0.05, 0.1) is 18.2 Å². The van der Waals surface area contributed by atoms with Crippen molar-refractivity contribution in [2.24, 2.45) is 0 Å². The van der Waals surface area contributed by atoms with Gasteiger partial charge in [-0.15, -0.1) is 0 Å². The summed E-state index contributed by atoms with van der Waals surface area (Å²) in [5.74, 6) is 0.711. The van der Waals surface area contributed by atoms with Crippen molar-refractivity contribution in [3.8, 4) is 5.75 Å². The smallest absolute Gasteiger partial charge is 0.137 e. The minimum Gasteiger partial charge on any atom is -0.492 e. The van der Waals surface area contributed by atoms with Crippen LogP contribution >= 0.6 is 11.6 Å². The van der Waals surface area contributed by atoms with Crippen molar-refractivity contribution in [3.05, 3.63) is 28.8 Å². The fraction of sp³-hybridized carbons (Fsp3) is 0.600. The molecule has 0 saturated carbocycles. The van der Waals surface area contributed by atoms with Crippen molar-refractivity contribution in [3.63, 3.8) is 0 Å². The molecule has 0 aliphatic rings. The summed E-state index contributed by atoms with van der Waals surface area (Å²) in [5.41, 5.74) is 0.812. The van der Waals surface area contributed by atoms with Crippen LogP contribution in [0.4, 0.5) is 0 Å². The molecule has 1 N–H and O–H groups in total. The number of hydrogen-bond donors (Lipinski definition) is 1. The zero-order valence-electron chi connectivity index (χ0n) is 11.1. The molecule has 0 spiro atoms. The number of ether oxygens (including phenoxy) is 1. The van der Waals surface area contributed by atoms with Gasteiger partial charge < -0.3 is 9.84 Å². The zero-order chi connectivity index (χ0) is 13.2. The van der Waals surface area contributed by atoms with Gasteiger partial charge in [-0.2, -0.15) is 0 Å². The van der Waals surface area contributed by atoms with Gasteiger partial charge in [0.2, 0.25) is 0 Å². The number of aliphatic hydroxyl groups excluding tert-OH is 1. The average Bonchev–Trinajstić information content (AvgIpc) is 2.39. The van der Waals surface area contributed by atoms with E-state index in [1.165, 1.54) is 32.1 Å². The normalized spacial score (nSPS) is 10.6. The SMILES string of the molecule is CCCCCCCCOc1ccc(CO)cc1Cl. The summed E-state index contributed by atoms with van der Waals surface area (Å²) in [6.07, 6.45) is 7.50. The number of halogens is 1. The summed E-state index contributed by atoms with van der Waals surface area (Å²) < 4.78 is 5.63. The maximum atomic E-state index is 8.97. The van der Waals surface area contributed by atoms with E-state index in [2.05, 4.69) is 6.92 Å². The van der Waals surface area contributed by atoms with E-state index < -0.39 is 0 Å². The Bertz CT molecular complexity index is 339. The van der Waals surface area contributed by atoms with Crippen molar-refractivity contribution in [2.75, 3.05) is 6.61 Å². The lowest BCUT2D eigenvalue weighted by Crippen LogP contribution is -1.98. The summed E-state index contributed by atoms with van der Waals surface area (Å²) >= 11 is 6.05. The molecule has 0 bridgehead atoms. The Hall–Kier alpha value is -0.730. The van der Waals surface area contributed by atoms with E-state index in [1.807, 2.05) is 12.1 Å². The van der Waals surface area contributed by atoms with E-state index >= 15 is 0 Å². The molecule has 102 valence electrons. The first-order valence-corrected chi connectivity index (χ1v) is 7.17.